The molecule has 4 heteroatoms. The van der Waals surface area contributed by atoms with E-state index >= 15 is 0 Å². The number of rotatable bonds is 6. The van der Waals surface area contributed by atoms with Crippen molar-refractivity contribution in [3.05, 3.63) is 24.3 Å². The van der Waals surface area contributed by atoms with Gasteiger partial charge >= 0.3 is 0 Å². The second-order valence-corrected chi connectivity index (χ2v) is 5.64. The number of nitrogens with zero attached hydrogens (tertiary/aromatic N) is 1. The van der Waals surface area contributed by atoms with Gasteiger partial charge in [0.05, 0.1) is 5.54 Å². The standard InChI is InChI=1S/C17H27N3O/c1-4-17(12-7-13-18-17)16(21)19-14-8-10-15(11-9-14)20(5-2)6-3/h8-11,18H,4-7,12-13H2,1-3H3,(H,19,21). The predicted molar refractivity (Wildman–Crippen MR) is 88.9 cm³/mol. The van der Waals surface area contributed by atoms with Crippen molar-refractivity contribution in [2.45, 2.75) is 45.6 Å². The summed E-state index contributed by atoms with van der Waals surface area (Å²) in [5.74, 6) is 0.0955. The zero-order valence-corrected chi connectivity index (χ0v) is 13.4. The first kappa shape index (κ1) is 15.8. The molecule has 0 aromatic heterocycles. The van der Waals surface area contributed by atoms with Crippen molar-refractivity contribution in [1.82, 2.24) is 5.32 Å². The van der Waals surface area contributed by atoms with Crippen LogP contribution in [0.2, 0.25) is 0 Å². The lowest BCUT2D eigenvalue weighted by Crippen LogP contribution is -2.50. The van der Waals surface area contributed by atoms with Gasteiger partial charge in [0.25, 0.3) is 0 Å². The highest BCUT2D eigenvalue weighted by Gasteiger charge is 2.38. The molecule has 1 unspecified atom stereocenters. The van der Waals surface area contributed by atoms with Crippen molar-refractivity contribution >= 4 is 17.3 Å². The third-order valence-corrected chi connectivity index (χ3v) is 4.54. The average molecular weight is 289 g/mol. The van der Waals surface area contributed by atoms with Crippen molar-refractivity contribution < 1.29 is 4.79 Å². The molecule has 116 valence electrons. The van der Waals surface area contributed by atoms with E-state index in [4.69, 9.17) is 0 Å². The minimum absolute atomic E-state index is 0.0955. The van der Waals surface area contributed by atoms with Crippen LogP contribution in [0.4, 0.5) is 11.4 Å². The molecule has 0 aliphatic carbocycles. The van der Waals surface area contributed by atoms with Crippen LogP contribution in [0.25, 0.3) is 0 Å². The van der Waals surface area contributed by atoms with Gasteiger partial charge in [-0.3, -0.25) is 4.79 Å². The fourth-order valence-electron chi connectivity index (χ4n) is 3.06. The Kier molecular flexibility index (Phi) is 5.23. The van der Waals surface area contributed by atoms with E-state index in [0.29, 0.717) is 0 Å². The smallest absolute Gasteiger partial charge is 0.244 e. The molecule has 0 bridgehead atoms. The molecule has 1 aliphatic heterocycles. The van der Waals surface area contributed by atoms with Crippen LogP contribution in [0.3, 0.4) is 0 Å². The number of nitrogens with one attached hydrogen (secondary N) is 2. The maximum atomic E-state index is 12.5. The van der Waals surface area contributed by atoms with Crippen LogP contribution in [0, 0.1) is 0 Å². The van der Waals surface area contributed by atoms with Gasteiger partial charge in [0.2, 0.25) is 5.91 Å². The van der Waals surface area contributed by atoms with E-state index in [1.165, 1.54) is 5.69 Å². The molecule has 1 heterocycles. The summed E-state index contributed by atoms with van der Waals surface area (Å²) in [7, 11) is 0. The van der Waals surface area contributed by atoms with Gasteiger partial charge in [0.1, 0.15) is 0 Å². The fraction of sp³-hybridized carbons (Fsp3) is 0.588. The number of anilines is 2. The summed E-state index contributed by atoms with van der Waals surface area (Å²) in [4.78, 5) is 14.8. The molecular weight excluding hydrogens is 262 g/mol. The lowest BCUT2D eigenvalue weighted by Gasteiger charge is -2.27. The first-order valence-corrected chi connectivity index (χ1v) is 8.06. The largest absolute Gasteiger partial charge is 0.372 e. The Morgan fingerprint density at radius 3 is 2.38 bits per heavy atom. The van der Waals surface area contributed by atoms with E-state index in [-0.39, 0.29) is 11.4 Å². The highest BCUT2D eigenvalue weighted by molar-refractivity contribution is 5.98. The zero-order valence-electron chi connectivity index (χ0n) is 13.4. The predicted octanol–water partition coefficient (Wildman–Crippen LogP) is 3.00. The first-order valence-electron chi connectivity index (χ1n) is 8.06. The molecule has 1 aromatic carbocycles. The van der Waals surface area contributed by atoms with Gasteiger partial charge < -0.3 is 15.5 Å². The van der Waals surface area contributed by atoms with Crippen molar-refractivity contribution in [3.8, 4) is 0 Å². The normalized spacial score (nSPS) is 21.3. The Labute approximate surface area is 127 Å². The van der Waals surface area contributed by atoms with Crippen molar-refractivity contribution in [2.24, 2.45) is 0 Å². The number of carbonyl (C=O) groups excluding carboxylic acids is 1. The van der Waals surface area contributed by atoms with Crippen molar-refractivity contribution in [3.63, 3.8) is 0 Å². The molecule has 1 amide bonds. The zero-order chi connectivity index (χ0) is 15.3. The molecule has 21 heavy (non-hydrogen) atoms. The lowest BCUT2D eigenvalue weighted by atomic mass is 9.93. The molecule has 1 saturated heterocycles. The van der Waals surface area contributed by atoms with Crippen LogP contribution in [0.5, 0.6) is 0 Å². The second-order valence-electron chi connectivity index (χ2n) is 5.64. The fourth-order valence-corrected chi connectivity index (χ4v) is 3.06. The van der Waals surface area contributed by atoms with Gasteiger partial charge in [-0.25, -0.2) is 0 Å². The third kappa shape index (κ3) is 3.38. The summed E-state index contributed by atoms with van der Waals surface area (Å²) in [5.41, 5.74) is 1.69. The molecule has 0 radical (unpaired) electrons. The molecule has 1 atom stereocenters. The second kappa shape index (κ2) is 6.94. The Bertz CT molecular complexity index is 459. The molecule has 1 aromatic rings. The third-order valence-electron chi connectivity index (χ3n) is 4.54. The van der Waals surface area contributed by atoms with E-state index in [0.717, 1.165) is 44.6 Å². The minimum atomic E-state index is -0.377. The Balaban J connectivity index is 2.04. The molecule has 2 rings (SSSR count). The van der Waals surface area contributed by atoms with E-state index < -0.39 is 0 Å². The Hall–Kier alpha value is -1.55. The molecule has 0 spiro atoms. The van der Waals surface area contributed by atoms with Gasteiger partial charge in [-0.1, -0.05) is 6.92 Å². The van der Waals surface area contributed by atoms with Crippen LogP contribution in [0.1, 0.15) is 40.0 Å². The topological polar surface area (TPSA) is 44.4 Å². The van der Waals surface area contributed by atoms with Gasteiger partial charge in [-0.05, 0) is 63.9 Å². The monoisotopic (exact) mass is 289 g/mol. The minimum Gasteiger partial charge on any atom is -0.372 e. The van der Waals surface area contributed by atoms with E-state index in [1.807, 2.05) is 12.1 Å². The van der Waals surface area contributed by atoms with E-state index in [9.17, 15) is 4.79 Å². The lowest BCUT2D eigenvalue weighted by molar-refractivity contribution is -0.122. The Morgan fingerprint density at radius 2 is 1.90 bits per heavy atom. The molecular formula is C17H27N3O. The number of amides is 1. The van der Waals surface area contributed by atoms with Crippen molar-refractivity contribution in [1.29, 1.82) is 0 Å². The maximum Gasteiger partial charge on any atom is 0.244 e. The summed E-state index contributed by atoms with van der Waals surface area (Å²) in [6.07, 6.45) is 2.82. The summed E-state index contributed by atoms with van der Waals surface area (Å²) >= 11 is 0. The molecule has 0 saturated carbocycles. The van der Waals surface area contributed by atoms with Crippen LogP contribution in [0.15, 0.2) is 24.3 Å². The van der Waals surface area contributed by atoms with Gasteiger partial charge in [0, 0.05) is 24.5 Å². The SMILES string of the molecule is CCN(CC)c1ccc(NC(=O)C2(CC)CCCN2)cc1. The highest BCUT2D eigenvalue weighted by atomic mass is 16.2. The highest BCUT2D eigenvalue weighted by Crippen LogP contribution is 2.25. The van der Waals surface area contributed by atoms with E-state index in [2.05, 4.69) is 48.4 Å². The van der Waals surface area contributed by atoms with Gasteiger partial charge in [-0.2, -0.15) is 0 Å². The molecule has 4 nitrogen and oxygen atoms in total. The number of benzene rings is 1. The van der Waals surface area contributed by atoms with Gasteiger partial charge in [-0.15, -0.1) is 0 Å². The summed E-state index contributed by atoms with van der Waals surface area (Å²) in [6.45, 7) is 9.28. The molecule has 2 N–H and O–H groups in total. The summed E-state index contributed by atoms with van der Waals surface area (Å²) in [6, 6.07) is 8.13. The summed E-state index contributed by atoms with van der Waals surface area (Å²) in [5, 5.41) is 6.43. The number of hydrogen-bond acceptors (Lipinski definition) is 3. The average Bonchev–Trinajstić information content (AvgIpc) is 3.00. The number of hydrogen-bond donors (Lipinski definition) is 2. The maximum absolute atomic E-state index is 12.5. The molecule has 1 fully saturated rings. The quantitative estimate of drug-likeness (QED) is 0.846. The number of carbonyl (C=O) groups is 1. The van der Waals surface area contributed by atoms with E-state index in [1.54, 1.807) is 0 Å². The summed E-state index contributed by atoms with van der Waals surface area (Å²) < 4.78 is 0. The van der Waals surface area contributed by atoms with Crippen LogP contribution >= 0.6 is 0 Å². The van der Waals surface area contributed by atoms with Crippen LogP contribution < -0.4 is 15.5 Å². The van der Waals surface area contributed by atoms with Crippen LogP contribution in [-0.4, -0.2) is 31.1 Å². The Morgan fingerprint density at radius 1 is 1.24 bits per heavy atom. The molecule has 1 aliphatic rings. The van der Waals surface area contributed by atoms with Gasteiger partial charge in [0.15, 0.2) is 0 Å². The van der Waals surface area contributed by atoms with Crippen LogP contribution in [-0.2, 0) is 4.79 Å². The first-order chi connectivity index (χ1) is 10.1. The van der Waals surface area contributed by atoms with Crippen molar-refractivity contribution in [2.75, 3.05) is 29.9 Å².